The SMILES string of the molecule is CCCCc1ccc(Nc2cccc3c2C(=O)c2ccccc2C3=O)cc1. The number of fused-ring (bicyclic) bond motifs is 2. The lowest BCUT2D eigenvalue weighted by Gasteiger charge is -2.20. The summed E-state index contributed by atoms with van der Waals surface area (Å²) in [5, 5.41) is 3.32. The molecule has 1 aliphatic rings. The van der Waals surface area contributed by atoms with Gasteiger partial charge >= 0.3 is 0 Å². The topological polar surface area (TPSA) is 46.2 Å². The maximum absolute atomic E-state index is 13.0. The van der Waals surface area contributed by atoms with Gasteiger partial charge in [0, 0.05) is 22.4 Å². The van der Waals surface area contributed by atoms with Crippen LogP contribution < -0.4 is 5.32 Å². The van der Waals surface area contributed by atoms with Crippen molar-refractivity contribution in [3.8, 4) is 0 Å². The van der Waals surface area contributed by atoms with Crippen LogP contribution in [-0.2, 0) is 6.42 Å². The van der Waals surface area contributed by atoms with Crippen molar-refractivity contribution in [2.24, 2.45) is 0 Å². The lowest BCUT2D eigenvalue weighted by atomic mass is 9.83. The minimum Gasteiger partial charge on any atom is -0.355 e. The third kappa shape index (κ3) is 3.17. The monoisotopic (exact) mass is 355 g/mol. The Hall–Kier alpha value is -3.20. The van der Waals surface area contributed by atoms with Crippen LogP contribution in [0.2, 0.25) is 0 Å². The quantitative estimate of drug-likeness (QED) is 0.511. The van der Waals surface area contributed by atoms with Gasteiger partial charge in [-0.15, -0.1) is 0 Å². The first-order valence-corrected chi connectivity index (χ1v) is 9.36. The molecule has 134 valence electrons. The lowest BCUT2D eigenvalue weighted by Crippen LogP contribution is -2.22. The number of carbonyl (C=O) groups is 2. The molecule has 1 aliphatic carbocycles. The first-order valence-electron chi connectivity index (χ1n) is 9.36. The van der Waals surface area contributed by atoms with Gasteiger partial charge in [-0.25, -0.2) is 0 Å². The van der Waals surface area contributed by atoms with Crippen LogP contribution in [-0.4, -0.2) is 11.6 Å². The average Bonchev–Trinajstić information content (AvgIpc) is 2.71. The number of nitrogens with one attached hydrogen (secondary N) is 1. The Kier molecular flexibility index (Phi) is 4.59. The van der Waals surface area contributed by atoms with Crippen molar-refractivity contribution in [2.45, 2.75) is 26.2 Å². The number of unbranched alkanes of at least 4 members (excludes halogenated alkanes) is 1. The van der Waals surface area contributed by atoms with Gasteiger partial charge in [-0.05, 0) is 36.6 Å². The first kappa shape index (κ1) is 17.2. The van der Waals surface area contributed by atoms with E-state index in [-0.39, 0.29) is 11.6 Å². The van der Waals surface area contributed by atoms with Crippen molar-refractivity contribution < 1.29 is 9.59 Å². The smallest absolute Gasteiger partial charge is 0.196 e. The highest BCUT2D eigenvalue weighted by Crippen LogP contribution is 2.33. The summed E-state index contributed by atoms with van der Waals surface area (Å²) >= 11 is 0. The molecule has 0 amide bonds. The van der Waals surface area contributed by atoms with Crippen LogP contribution >= 0.6 is 0 Å². The molecule has 0 radical (unpaired) electrons. The maximum atomic E-state index is 13.0. The summed E-state index contributed by atoms with van der Waals surface area (Å²) in [6.45, 7) is 2.19. The van der Waals surface area contributed by atoms with E-state index in [9.17, 15) is 9.59 Å². The van der Waals surface area contributed by atoms with Crippen LogP contribution in [0.15, 0.2) is 66.7 Å². The number of rotatable bonds is 5. The summed E-state index contributed by atoms with van der Waals surface area (Å²) in [6.07, 6.45) is 3.42. The van der Waals surface area contributed by atoms with Crippen molar-refractivity contribution >= 4 is 22.9 Å². The minimum absolute atomic E-state index is 0.0984. The summed E-state index contributed by atoms with van der Waals surface area (Å²) < 4.78 is 0. The van der Waals surface area contributed by atoms with Gasteiger partial charge in [0.15, 0.2) is 11.6 Å². The Balaban J connectivity index is 1.68. The van der Waals surface area contributed by atoms with E-state index in [0.717, 1.165) is 12.1 Å². The van der Waals surface area contributed by atoms with Crippen molar-refractivity contribution in [3.63, 3.8) is 0 Å². The maximum Gasteiger partial charge on any atom is 0.196 e. The Labute approximate surface area is 159 Å². The first-order chi connectivity index (χ1) is 13.2. The normalized spacial score (nSPS) is 12.5. The van der Waals surface area contributed by atoms with Crippen molar-refractivity contribution in [2.75, 3.05) is 5.32 Å². The summed E-state index contributed by atoms with van der Waals surface area (Å²) in [5.41, 5.74) is 4.74. The standard InChI is InChI=1S/C24H21NO2/c1-2-3-7-16-12-14-17(15-13-16)25-21-11-6-10-20-22(21)24(27)19-9-5-4-8-18(19)23(20)26/h4-6,8-15,25H,2-3,7H2,1H3. The summed E-state index contributed by atoms with van der Waals surface area (Å²) in [5.74, 6) is -0.207. The van der Waals surface area contributed by atoms with Crippen LogP contribution in [0.4, 0.5) is 11.4 Å². The number of benzene rings is 3. The molecule has 0 fully saturated rings. The fourth-order valence-electron chi connectivity index (χ4n) is 3.54. The number of carbonyl (C=O) groups excluding carboxylic acids is 2. The number of aryl methyl sites for hydroxylation is 1. The molecule has 3 nitrogen and oxygen atoms in total. The highest BCUT2D eigenvalue weighted by atomic mass is 16.1. The zero-order valence-electron chi connectivity index (χ0n) is 15.3. The van der Waals surface area contributed by atoms with Gasteiger partial charge in [-0.1, -0.05) is 61.9 Å². The third-order valence-electron chi connectivity index (χ3n) is 5.00. The zero-order chi connectivity index (χ0) is 18.8. The molecule has 3 aromatic carbocycles. The van der Waals surface area contributed by atoms with Crippen molar-refractivity contribution in [3.05, 3.63) is 94.5 Å². The molecular formula is C24H21NO2. The molecule has 4 rings (SSSR count). The Morgan fingerprint density at radius 2 is 1.41 bits per heavy atom. The Morgan fingerprint density at radius 3 is 2.11 bits per heavy atom. The number of hydrogen-bond acceptors (Lipinski definition) is 3. The minimum atomic E-state index is -0.108. The summed E-state index contributed by atoms with van der Waals surface area (Å²) in [4.78, 5) is 25.9. The summed E-state index contributed by atoms with van der Waals surface area (Å²) in [7, 11) is 0. The molecule has 27 heavy (non-hydrogen) atoms. The highest BCUT2D eigenvalue weighted by Gasteiger charge is 2.31. The molecule has 0 heterocycles. The molecular weight excluding hydrogens is 334 g/mol. The van der Waals surface area contributed by atoms with Gasteiger partial charge in [0.1, 0.15) is 0 Å². The van der Waals surface area contributed by atoms with Crippen LogP contribution in [0.5, 0.6) is 0 Å². The molecule has 0 unspecified atom stereocenters. The van der Waals surface area contributed by atoms with E-state index in [1.54, 1.807) is 30.3 Å². The molecule has 0 aliphatic heterocycles. The Bertz CT molecular complexity index is 1020. The predicted molar refractivity (Wildman–Crippen MR) is 108 cm³/mol. The largest absolute Gasteiger partial charge is 0.355 e. The second-order valence-corrected chi connectivity index (χ2v) is 6.86. The van der Waals surface area contributed by atoms with Crippen LogP contribution in [0.1, 0.15) is 57.2 Å². The van der Waals surface area contributed by atoms with Crippen molar-refractivity contribution in [1.82, 2.24) is 0 Å². The average molecular weight is 355 g/mol. The second-order valence-electron chi connectivity index (χ2n) is 6.86. The number of ketones is 2. The molecule has 1 N–H and O–H groups in total. The summed E-state index contributed by atoms with van der Waals surface area (Å²) in [6, 6.07) is 20.7. The molecule has 3 aromatic rings. The predicted octanol–water partition coefficient (Wildman–Crippen LogP) is 5.55. The third-order valence-corrected chi connectivity index (χ3v) is 5.00. The second kappa shape index (κ2) is 7.20. The van der Waals surface area contributed by atoms with E-state index in [2.05, 4.69) is 24.4 Å². The van der Waals surface area contributed by atoms with Crippen LogP contribution in [0.25, 0.3) is 0 Å². The molecule has 0 atom stereocenters. The van der Waals surface area contributed by atoms with Gasteiger partial charge in [-0.2, -0.15) is 0 Å². The number of anilines is 2. The lowest BCUT2D eigenvalue weighted by molar-refractivity contribution is 0.0979. The molecule has 0 saturated heterocycles. The van der Waals surface area contributed by atoms with E-state index >= 15 is 0 Å². The highest BCUT2D eigenvalue weighted by molar-refractivity contribution is 6.30. The van der Waals surface area contributed by atoms with E-state index < -0.39 is 0 Å². The molecule has 0 saturated carbocycles. The van der Waals surface area contributed by atoms with E-state index in [1.807, 2.05) is 24.3 Å². The van der Waals surface area contributed by atoms with Crippen LogP contribution in [0.3, 0.4) is 0 Å². The van der Waals surface area contributed by atoms with Gasteiger partial charge in [-0.3, -0.25) is 9.59 Å². The van der Waals surface area contributed by atoms with Gasteiger partial charge in [0.05, 0.1) is 11.3 Å². The van der Waals surface area contributed by atoms with Crippen molar-refractivity contribution in [1.29, 1.82) is 0 Å². The van der Waals surface area contributed by atoms with Crippen LogP contribution in [0, 0.1) is 0 Å². The molecule has 3 heteroatoms. The zero-order valence-corrected chi connectivity index (χ0v) is 15.3. The van der Waals surface area contributed by atoms with Gasteiger partial charge in [0.25, 0.3) is 0 Å². The number of hydrogen-bond donors (Lipinski definition) is 1. The molecule has 0 bridgehead atoms. The Morgan fingerprint density at radius 1 is 0.741 bits per heavy atom. The van der Waals surface area contributed by atoms with E-state index in [0.29, 0.717) is 27.9 Å². The van der Waals surface area contributed by atoms with E-state index in [4.69, 9.17) is 0 Å². The van der Waals surface area contributed by atoms with Gasteiger partial charge < -0.3 is 5.32 Å². The fraction of sp³-hybridized carbons (Fsp3) is 0.167. The van der Waals surface area contributed by atoms with Gasteiger partial charge in [0.2, 0.25) is 0 Å². The fourth-order valence-corrected chi connectivity index (χ4v) is 3.54. The van der Waals surface area contributed by atoms with E-state index in [1.165, 1.54) is 18.4 Å². The molecule has 0 aromatic heterocycles. The molecule has 0 spiro atoms.